The van der Waals surface area contributed by atoms with Crippen molar-refractivity contribution >= 4 is 39.1 Å². The lowest BCUT2D eigenvalue weighted by molar-refractivity contribution is -0.141. The molecule has 7 nitrogen and oxygen atoms in total. The van der Waals surface area contributed by atoms with Gasteiger partial charge < -0.3 is 10.2 Å². The second kappa shape index (κ2) is 14.3. The molecule has 0 heterocycles. The van der Waals surface area contributed by atoms with Crippen LogP contribution in [0.5, 0.6) is 0 Å². The Kier molecular flexibility index (Phi) is 11.1. The van der Waals surface area contributed by atoms with Crippen LogP contribution in [0.2, 0.25) is 5.02 Å². The van der Waals surface area contributed by atoms with Crippen molar-refractivity contribution in [1.29, 1.82) is 0 Å². The predicted octanol–water partition coefficient (Wildman–Crippen LogP) is 5.19. The Balaban J connectivity index is 1.87. The molecule has 40 heavy (non-hydrogen) atoms. The molecule has 0 radical (unpaired) electrons. The van der Waals surface area contributed by atoms with Gasteiger partial charge in [0.15, 0.2) is 0 Å². The third kappa shape index (κ3) is 9.34. The van der Waals surface area contributed by atoms with Crippen molar-refractivity contribution in [3.63, 3.8) is 0 Å². The number of carbonyl (C=O) groups is 2. The minimum Gasteiger partial charge on any atom is -0.352 e. The highest BCUT2D eigenvalue weighted by atomic mass is 35.5. The van der Waals surface area contributed by atoms with Crippen LogP contribution >= 0.6 is 11.6 Å². The molecule has 0 saturated heterocycles. The summed E-state index contributed by atoms with van der Waals surface area (Å²) in [6.07, 6.45) is 1.59. The topological polar surface area (TPSA) is 86.8 Å². The van der Waals surface area contributed by atoms with E-state index in [4.69, 9.17) is 11.6 Å². The van der Waals surface area contributed by atoms with Gasteiger partial charge in [0, 0.05) is 37.0 Å². The first-order valence-electron chi connectivity index (χ1n) is 13.1. The Hall–Kier alpha value is -3.43. The Morgan fingerprint density at radius 3 is 2.23 bits per heavy atom. The molecule has 10 heteroatoms. The van der Waals surface area contributed by atoms with Crippen molar-refractivity contribution in [1.82, 2.24) is 10.2 Å². The summed E-state index contributed by atoms with van der Waals surface area (Å²) in [6.45, 7) is 3.83. The Morgan fingerprint density at radius 1 is 0.950 bits per heavy atom. The van der Waals surface area contributed by atoms with Gasteiger partial charge in [-0.15, -0.1) is 0 Å². The summed E-state index contributed by atoms with van der Waals surface area (Å²) >= 11 is 6.08. The van der Waals surface area contributed by atoms with E-state index in [1.54, 1.807) is 36.4 Å². The standard InChI is InChI=1S/C30H35ClFN3O4S/c1-22(2)33-30(37)28(19-23-9-5-4-6-10-23)34(21-24-14-16-26(32)17-15-24)29(36)13-8-18-35(40(3,38)39)27-12-7-11-25(31)20-27/h4-7,9-12,14-17,20,22,28H,8,13,18-19,21H2,1-3H3,(H,33,37). The van der Waals surface area contributed by atoms with Crippen molar-refractivity contribution < 1.29 is 22.4 Å². The number of nitrogens with one attached hydrogen (secondary N) is 1. The maximum absolute atomic E-state index is 13.7. The minimum absolute atomic E-state index is 0.00592. The summed E-state index contributed by atoms with van der Waals surface area (Å²) in [5.74, 6) is -1.02. The number of hydrogen-bond donors (Lipinski definition) is 1. The SMILES string of the molecule is CC(C)NC(=O)C(Cc1ccccc1)N(Cc1ccc(F)cc1)C(=O)CCCN(c1cccc(Cl)c1)S(C)(=O)=O. The van der Waals surface area contributed by atoms with E-state index in [0.717, 1.165) is 11.8 Å². The summed E-state index contributed by atoms with van der Waals surface area (Å²) in [6, 6.07) is 20.7. The highest BCUT2D eigenvalue weighted by molar-refractivity contribution is 7.92. The smallest absolute Gasteiger partial charge is 0.243 e. The van der Waals surface area contributed by atoms with Gasteiger partial charge in [-0.2, -0.15) is 0 Å². The molecular formula is C30H35ClFN3O4S. The van der Waals surface area contributed by atoms with Crippen molar-refractivity contribution in [3.8, 4) is 0 Å². The van der Waals surface area contributed by atoms with Crippen molar-refractivity contribution in [2.24, 2.45) is 0 Å². The predicted molar refractivity (Wildman–Crippen MR) is 157 cm³/mol. The lowest BCUT2D eigenvalue weighted by Gasteiger charge is -2.32. The van der Waals surface area contributed by atoms with Gasteiger partial charge in [0.2, 0.25) is 21.8 Å². The highest BCUT2D eigenvalue weighted by Crippen LogP contribution is 2.23. The lowest BCUT2D eigenvalue weighted by atomic mass is 10.0. The molecule has 0 spiro atoms. The van der Waals surface area contributed by atoms with Gasteiger partial charge in [0.25, 0.3) is 0 Å². The molecule has 0 fully saturated rings. The van der Waals surface area contributed by atoms with E-state index < -0.39 is 21.9 Å². The second-order valence-corrected chi connectivity index (χ2v) is 12.3. The average Bonchev–Trinajstić information content (AvgIpc) is 2.89. The fraction of sp³-hybridized carbons (Fsp3) is 0.333. The number of rotatable bonds is 13. The van der Waals surface area contributed by atoms with E-state index >= 15 is 0 Å². The fourth-order valence-corrected chi connectivity index (χ4v) is 5.50. The van der Waals surface area contributed by atoms with E-state index in [9.17, 15) is 22.4 Å². The van der Waals surface area contributed by atoms with Gasteiger partial charge >= 0.3 is 0 Å². The van der Waals surface area contributed by atoms with Crippen molar-refractivity contribution in [2.75, 3.05) is 17.1 Å². The normalized spacial score (nSPS) is 12.2. The number of hydrogen-bond acceptors (Lipinski definition) is 4. The zero-order chi connectivity index (χ0) is 29.3. The Labute approximate surface area is 241 Å². The largest absolute Gasteiger partial charge is 0.352 e. The van der Waals surface area contributed by atoms with Gasteiger partial charge in [-0.3, -0.25) is 13.9 Å². The van der Waals surface area contributed by atoms with Crippen LogP contribution in [0.15, 0.2) is 78.9 Å². The summed E-state index contributed by atoms with van der Waals surface area (Å²) in [4.78, 5) is 28.7. The first-order chi connectivity index (χ1) is 18.9. The molecule has 1 atom stereocenters. The van der Waals surface area contributed by atoms with Crippen LogP contribution < -0.4 is 9.62 Å². The Bertz CT molecular complexity index is 1390. The maximum Gasteiger partial charge on any atom is 0.243 e. The second-order valence-electron chi connectivity index (χ2n) is 9.94. The highest BCUT2D eigenvalue weighted by Gasteiger charge is 2.31. The third-order valence-corrected chi connectivity index (χ3v) is 7.65. The molecule has 1 N–H and O–H groups in total. The Morgan fingerprint density at radius 2 is 1.62 bits per heavy atom. The molecule has 3 aromatic carbocycles. The summed E-state index contributed by atoms with van der Waals surface area (Å²) in [5.41, 5.74) is 1.96. The number of amides is 2. The summed E-state index contributed by atoms with van der Waals surface area (Å²) < 4.78 is 39.9. The molecule has 0 aliphatic rings. The van der Waals surface area contributed by atoms with Crippen LogP contribution in [0.3, 0.4) is 0 Å². The fourth-order valence-electron chi connectivity index (χ4n) is 4.36. The molecule has 214 valence electrons. The van der Waals surface area contributed by atoms with E-state index in [1.165, 1.54) is 21.3 Å². The number of halogens is 2. The van der Waals surface area contributed by atoms with Crippen molar-refractivity contribution in [3.05, 3.63) is 101 Å². The molecule has 0 bridgehead atoms. The summed E-state index contributed by atoms with van der Waals surface area (Å²) in [5, 5.41) is 3.32. The number of sulfonamides is 1. The van der Waals surface area contributed by atoms with Crippen LogP contribution in [0.25, 0.3) is 0 Å². The first-order valence-corrected chi connectivity index (χ1v) is 15.3. The molecule has 2 amide bonds. The van der Waals surface area contributed by atoms with Gasteiger partial charge in [-0.05, 0) is 61.7 Å². The monoisotopic (exact) mass is 587 g/mol. The quantitative estimate of drug-likeness (QED) is 0.298. The van der Waals surface area contributed by atoms with Gasteiger partial charge in [-0.1, -0.05) is 60.1 Å². The van der Waals surface area contributed by atoms with Crippen LogP contribution in [0.4, 0.5) is 10.1 Å². The first kappa shape index (κ1) is 31.1. The number of anilines is 1. The molecule has 0 aliphatic carbocycles. The van der Waals surface area contributed by atoms with E-state index in [0.29, 0.717) is 16.3 Å². The number of benzene rings is 3. The zero-order valence-electron chi connectivity index (χ0n) is 22.9. The average molecular weight is 588 g/mol. The zero-order valence-corrected chi connectivity index (χ0v) is 24.5. The molecule has 0 aromatic heterocycles. The maximum atomic E-state index is 13.7. The molecule has 0 saturated carbocycles. The molecule has 1 unspecified atom stereocenters. The van der Waals surface area contributed by atoms with Gasteiger partial charge in [-0.25, -0.2) is 12.8 Å². The van der Waals surface area contributed by atoms with Gasteiger partial charge in [0.1, 0.15) is 11.9 Å². The molecule has 0 aliphatic heterocycles. The van der Waals surface area contributed by atoms with Crippen LogP contribution in [-0.4, -0.2) is 50.0 Å². The van der Waals surface area contributed by atoms with Crippen LogP contribution in [0, 0.1) is 5.82 Å². The van der Waals surface area contributed by atoms with E-state index in [-0.39, 0.29) is 50.2 Å². The van der Waals surface area contributed by atoms with Crippen LogP contribution in [-0.2, 0) is 32.6 Å². The number of carbonyl (C=O) groups excluding carboxylic acids is 2. The summed E-state index contributed by atoms with van der Waals surface area (Å²) in [7, 11) is -3.64. The van der Waals surface area contributed by atoms with Crippen LogP contribution in [0.1, 0.15) is 37.8 Å². The van der Waals surface area contributed by atoms with E-state index in [2.05, 4.69) is 5.32 Å². The molecule has 3 aromatic rings. The minimum atomic E-state index is -3.64. The van der Waals surface area contributed by atoms with Crippen molar-refractivity contribution in [2.45, 2.75) is 51.7 Å². The molecule has 3 rings (SSSR count). The molecular weight excluding hydrogens is 553 g/mol. The lowest BCUT2D eigenvalue weighted by Crippen LogP contribution is -2.51. The number of nitrogens with zero attached hydrogens (tertiary/aromatic N) is 2. The van der Waals surface area contributed by atoms with Gasteiger partial charge in [0.05, 0.1) is 11.9 Å². The van der Waals surface area contributed by atoms with E-state index in [1.807, 2.05) is 44.2 Å². The third-order valence-electron chi connectivity index (χ3n) is 6.22.